The molecule has 90 valence electrons. The topological polar surface area (TPSA) is 40.5 Å². The average Bonchev–Trinajstić information content (AvgIpc) is 2.20. The molecule has 0 aliphatic carbocycles. The molecule has 1 N–H and O–H groups in total. The van der Waals surface area contributed by atoms with Gasteiger partial charge in [0.15, 0.2) is 0 Å². The lowest BCUT2D eigenvalue weighted by molar-refractivity contribution is -0.143. The number of hydrogen-bond donors (Lipinski definition) is 1. The second kappa shape index (κ2) is 7.07. The minimum absolute atomic E-state index is 0. The van der Waals surface area contributed by atoms with Gasteiger partial charge in [0.2, 0.25) is 0 Å². The molecule has 1 aliphatic rings. The lowest BCUT2D eigenvalue weighted by Gasteiger charge is -2.35. The maximum absolute atomic E-state index is 10.8. The summed E-state index contributed by atoms with van der Waals surface area (Å²) in [6.45, 7) is 6.33. The molecule has 3 nitrogen and oxygen atoms in total. The van der Waals surface area contributed by atoms with Crippen molar-refractivity contribution in [1.82, 2.24) is 4.90 Å². The van der Waals surface area contributed by atoms with Crippen LogP contribution in [0.3, 0.4) is 0 Å². The Hall–Kier alpha value is -0.280. The Kier molecular flexibility index (Phi) is 6.94. The van der Waals surface area contributed by atoms with E-state index in [1.54, 1.807) is 0 Å². The van der Waals surface area contributed by atoms with Crippen molar-refractivity contribution in [3.63, 3.8) is 0 Å². The number of aliphatic carboxylic acids is 1. The van der Waals surface area contributed by atoms with Gasteiger partial charge in [-0.2, -0.15) is 0 Å². The number of rotatable bonds is 4. The molecule has 0 amide bonds. The number of nitrogens with zero attached hydrogens (tertiary/aromatic N) is 1. The van der Waals surface area contributed by atoms with Crippen LogP contribution in [0.1, 0.15) is 39.5 Å². The van der Waals surface area contributed by atoms with Crippen LogP contribution in [-0.4, -0.2) is 35.1 Å². The zero-order valence-corrected chi connectivity index (χ0v) is 10.4. The maximum atomic E-state index is 10.8. The maximum Gasteiger partial charge on any atom is 0.306 e. The van der Waals surface area contributed by atoms with E-state index in [1.807, 2.05) is 0 Å². The Morgan fingerprint density at radius 1 is 1.33 bits per heavy atom. The van der Waals surface area contributed by atoms with Gasteiger partial charge in [0.25, 0.3) is 0 Å². The minimum Gasteiger partial charge on any atom is -0.481 e. The van der Waals surface area contributed by atoms with Gasteiger partial charge in [-0.15, -0.1) is 12.4 Å². The summed E-state index contributed by atoms with van der Waals surface area (Å²) in [4.78, 5) is 13.2. The number of carboxylic acids is 1. The molecule has 0 bridgehead atoms. The van der Waals surface area contributed by atoms with E-state index in [0.29, 0.717) is 6.04 Å². The highest BCUT2D eigenvalue weighted by molar-refractivity contribution is 5.85. The summed E-state index contributed by atoms with van der Waals surface area (Å²) in [5, 5.41) is 8.86. The van der Waals surface area contributed by atoms with E-state index in [2.05, 4.69) is 18.7 Å². The van der Waals surface area contributed by atoms with Crippen molar-refractivity contribution < 1.29 is 9.90 Å². The van der Waals surface area contributed by atoms with Crippen LogP contribution in [0, 0.1) is 5.92 Å². The molecule has 0 atom stereocenters. The number of carbonyl (C=O) groups is 1. The predicted molar refractivity (Wildman–Crippen MR) is 63.6 cm³/mol. The van der Waals surface area contributed by atoms with E-state index in [4.69, 9.17) is 5.11 Å². The molecular weight excluding hydrogens is 214 g/mol. The zero-order valence-electron chi connectivity index (χ0n) is 9.61. The highest BCUT2D eigenvalue weighted by atomic mass is 35.5. The summed E-state index contributed by atoms with van der Waals surface area (Å²) in [6, 6.07) is 0.657. The lowest BCUT2D eigenvalue weighted by atomic mass is 9.95. The van der Waals surface area contributed by atoms with Crippen molar-refractivity contribution in [1.29, 1.82) is 0 Å². The number of halogens is 1. The summed E-state index contributed by atoms with van der Waals surface area (Å²) >= 11 is 0. The summed E-state index contributed by atoms with van der Waals surface area (Å²) in [7, 11) is 0. The molecule has 1 aliphatic heterocycles. The van der Waals surface area contributed by atoms with Gasteiger partial charge in [-0.1, -0.05) is 13.8 Å². The zero-order chi connectivity index (χ0) is 10.6. The van der Waals surface area contributed by atoms with Crippen LogP contribution in [-0.2, 0) is 4.79 Å². The molecule has 0 aromatic heterocycles. The van der Waals surface area contributed by atoms with Crippen LogP contribution >= 0.6 is 12.4 Å². The number of hydrogen-bond acceptors (Lipinski definition) is 2. The fourth-order valence-corrected chi connectivity index (χ4v) is 2.32. The fourth-order valence-electron chi connectivity index (χ4n) is 2.32. The van der Waals surface area contributed by atoms with Gasteiger partial charge in [-0.05, 0) is 38.8 Å². The third kappa shape index (κ3) is 3.99. The minimum atomic E-state index is -0.616. The summed E-state index contributed by atoms with van der Waals surface area (Å²) in [5.41, 5.74) is 0. The number of likely N-dealkylation sites (tertiary alicyclic amines) is 1. The molecule has 1 saturated heterocycles. The van der Waals surface area contributed by atoms with Crippen molar-refractivity contribution in [2.45, 2.75) is 45.6 Å². The number of piperidine rings is 1. The van der Waals surface area contributed by atoms with E-state index in [0.717, 1.165) is 25.9 Å². The molecule has 1 rings (SSSR count). The first-order chi connectivity index (χ1) is 6.69. The first-order valence-electron chi connectivity index (χ1n) is 5.65. The Morgan fingerprint density at radius 3 is 2.13 bits per heavy atom. The molecule has 15 heavy (non-hydrogen) atoms. The first kappa shape index (κ1) is 14.7. The van der Waals surface area contributed by atoms with E-state index in [1.165, 1.54) is 12.8 Å². The van der Waals surface area contributed by atoms with Crippen molar-refractivity contribution >= 4 is 18.4 Å². The van der Waals surface area contributed by atoms with Gasteiger partial charge in [0, 0.05) is 6.04 Å². The van der Waals surface area contributed by atoms with Gasteiger partial charge in [-0.3, -0.25) is 4.79 Å². The smallest absolute Gasteiger partial charge is 0.306 e. The van der Waals surface area contributed by atoms with Crippen LogP contribution in [0.2, 0.25) is 0 Å². The monoisotopic (exact) mass is 235 g/mol. The Labute approximate surface area is 98.3 Å². The van der Waals surface area contributed by atoms with E-state index in [-0.39, 0.29) is 18.3 Å². The molecule has 0 spiro atoms. The molecule has 0 aromatic rings. The molecular formula is C11H22ClNO2. The van der Waals surface area contributed by atoms with Gasteiger partial charge in [-0.25, -0.2) is 0 Å². The second-order valence-corrected chi connectivity index (χ2v) is 4.12. The van der Waals surface area contributed by atoms with Crippen LogP contribution in [0.4, 0.5) is 0 Å². The third-order valence-electron chi connectivity index (χ3n) is 3.34. The Bertz CT molecular complexity index is 187. The lowest BCUT2D eigenvalue weighted by Crippen LogP contribution is -2.42. The van der Waals surface area contributed by atoms with E-state index < -0.39 is 5.97 Å². The second-order valence-electron chi connectivity index (χ2n) is 4.12. The molecule has 1 fully saturated rings. The number of carboxylic acid groups (broad SMARTS) is 1. The van der Waals surface area contributed by atoms with E-state index >= 15 is 0 Å². The van der Waals surface area contributed by atoms with Crippen LogP contribution < -0.4 is 0 Å². The standard InChI is InChI=1S/C11H21NO2.ClH/c1-3-10(4-2)12-7-5-9(6-8-12)11(13)14;/h9-10H,3-8H2,1-2H3,(H,13,14);1H. The van der Waals surface area contributed by atoms with Crippen LogP contribution in [0.15, 0.2) is 0 Å². The average molecular weight is 236 g/mol. The van der Waals surface area contributed by atoms with Crippen molar-refractivity contribution in [2.75, 3.05) is 13.1 Å². The molecule has 0 unspecified atom stereocenters. The SMILES string of the molecule is CCC(CC)N1CCC(C(=O)O)CC1.Cl. The Morgan fingerprint density at radius 2 is 1.80 bits per heavy atom. The first-order valence-corrected chi connectivity index (χ1v) is 5.65. The fraction of sp³-hybridized carbons (Fsp3) is 0.909. The Balaban J connectivity index is 0.00000196. The van der Waals surface area contributed by atoms with Gasteiger partial charge >= 0.3 is 5.97 Å². The normalized spacial score (nSPS) is 18.9. The molecule has 1 heterocycles. The molecule has 0 aromatic carbocycles. The van der Waals surface area contributed by atoms with Gasteiger partial charge in [0.05, 0.1) is 5.92 Å². The van der Waals surface area contributed by atoms with Crippen molar-refractivity contribution in [3.05, 3.63) is 0 Å². The van der Waals surface area contributed by atoms with Crippen LogP contribution in [0.5, 0.6) is 0 Å². The van der Waals surface area contributed by atoms with Crippen LogP contribution in [0.25, 0.3) is 0 Å². The molecule has 0 radical (unpaired) electrons. The summed E-state index contributed by atoms with van der Waals surface area (Å²) < 4.78 is 0. The van der Waals surface area contributed by atoms with Crippen molar-refractivity contribution in [3.8, 4) is 0 Å². The third-order valence-corrected chi connectivity index (χ3v) is 3.34. The quantitative estimate of drug-likeness (QED) is 0.814. The summed E-state index contributed by atoms with van der Waals surface area (Å²) in [5.74, 6) is -0.713. The van der Waals surface area contributed by atoms with E-state index in [9.17, 15) is 4.79 Å². The molecule has 0 saturated carbocycles. The highest BCUT2D eigenvalue weighted by Gasteiger charge is 2.26. The predicted octanol–water partition coefficient (Wildman–Crippen LogP) is 2.39. The summed E-state index contributed by atoms with van der Waals surface area (Å²) in [6.07, 6.45) is 4.00. The molecule has 4 heteroatoms. The van der Waals surface area contributed by atoms with Gasteiger partial charge < -0.3 is 10.0 Å². The van der Waals surface area contributed by atoms with Crippen molar-refractivity contribution in [2.24, 2.45) is 5.92 Å². The largest absolute Gasteiger partial charge is 0.481 e. The van der Waals surface area contributed by atoms with Gasteiger partial charge in [0.1, 0.15) is 0 Å². The highest BCUT2D eigenvalue weighted by Crippen LogP contribution is 2.21.